The quantitative estimate of drug-likeness (QED) is 0.894. The molecule has 0 spiro atoms. The molecule has 2 rings (SSSR count). The summed E-state index contributed by atoms with van der Waals surface area (Å²) in [5, 5.41) is 3.17. The maximum absolute atomic E-state index is 14.1. The normalized spacial score (nSPS) is 12.4. The summed E-state index contributed by atoms with van der Waals surface area (Å²) in [6.45, 7) is 1.79. The molecule has 0 radical (unpaired) electrons. The SMILES string of the molecule is CNC(Cc1cccnc1)c1cccc(C)c1F. The minimum absolute atomic E-state index is 0.0332. The Balaban J connectivity index is 2.26. The average Bonchev–Trinajstić information content (AvgIpc) is 2.41. The van der Waals surface area contributed by atoms with Crippen LogP contribution in [0.2, 0.25) is 0 Å². The van der Waals surface area contributed by atoms with Crippen molar-refractivity contribution < 1.29 is 4.39 Å². The molecule has 0 saturated heterocycles. The van der Waals surface area contributed by atoms with Crippen LogP contribution in [-0.4, -0.2) is 12.0 Å². The van der Waals surface area contributed by atoms with Crippen LogP contribution in [0.3, 0.4) is 0 Å². The van der Waals surface area contributed by atoms with E-state index < -0.39 is 0 Å². The minimum Gasteiger partial charge on any atom is -0.313 e. The number of rotatable bonds is 4. The zero-order valence-corrected chi connectivity index (χ0v) is 10.7. The molecule has 3 heteroatoms. The highest BCUT2D eigenvalue weighted by atomic mass is 19.1. The third-order valence-corrected chi connectivity index (χ3v) is 3.11. The summed E-state index contributed by atoms with van der Waals surface area (Å²) >= 11 is 0. The van der Waals surface area contributed by atoms with Gasteiger partial charge in [0.15, 0.2) is 0 Å². The van der Waals surface area contributed by atoms with Gasteiger partial charge in [-0.1, -0.05) is 24.3 Å². The lowest BCUT2D eigenvalue weighted by molar-refractivity contribution is 0.529. The van der Waals surface area contributed by atoms with Crippen molar-refractivity contribution in [3.8, 4) is 0 Å². The molecular weight excluding hydrogens is 227 g/mol. The molecule has 18 heavy (non-hydrogen) atoms. The van der Waals surface area contributed by atoms with Crippen molar-refractivity contribution >= 4 is 0 Å². The first-order chi connectivity index (χ1) is 8.72. The molecule has 1 atom stereocenters. The van der Waals surface area contributed by atoms with Crippen LogP contribution in [-0.2, 0) is 6.42 Å². The zero-order chi connectivity index (χ0) is 13.0. The largest absolute Gasteiger partial charge is 0.313 e. The van der Waals surface area contributed by atoms with Crippen molar-refractivity contribution in [1.82, 2.24) is 10.3 Å². The number of pyridine rings is 1. The van der Waals surface area contributed by atoms with Crippen molar-refractivity contribution in [3.63, 3.8) is 0 Å². The van der Waals surface area contributed by atoms with Crippen LogP contribution in [0.4, 0.5) is 4.39 Å². The average molecular weight is 244 g/mol. The van der Waals surface area contributed by atoms with E-state index in [-0.39, 0.29) is 11.9 Å². The third-order valence-electron chi connectivity index (χ3n) is 3.11. The van der Waals surface area contributed by atoms with Crippen LogP contribution in [0, 0.1) is 12.7 Å². The topological polar surface area (TPSA) is 24.9 Å². The van der Waals surface area contributed by atoms with Gasteiger partial charge in [-0.05, 0) is 37.6 Å². The van der Waals surface area contributed by atoms with Crippen LogP contribution >= 0.6 is 0 Å². The summed E-state index contributed by atoms with van der Waals surface area (Å²) in [5.74, 6) is -0.124. The number of nitrogens with zero attached hydrogens (tertiary/aromatic N) is 1. The van der Waals surface area contributed by atoms with Gasteiger partial charge in [0.05, 0.1) is 0 Å². The third kappa shape index (κ3) is 2.74. The molecule has 0 saturated carbocycles. The zero-order valence-electron chi connectivity index (χ0n) is 10.7. The first kappa shape index (κ1) is 12.7. The van der Waals surface area contributed by atoms with Gasteiger partial charge in [-0.15, -0.1) is 0 Å². The van der Waals surface area contributed by atoms with Crippen molar-refractivity contribution in [2.24, 2.45) is 0 Å². The van der Waals surface area contributed by atoms with Crippen LogP contribution in [0.1, 0.15) is 22.7 Å². The van der Waals surface area contributed by atoms with E-state index in [2.05, 4.69) is 10.3 Å². The van der Waals surface area contributed by atoms with Crippen LogP contribution in [0.15, 0.2) is 42.7 Å². The van der Waals surface area contributed by atoms with Gasteiger partial charge in [0.25, 0.3) is 0 Å². The summed E-state index contributed by atoms with van der Waals surface area (Å²) < 4.78 is 14.1. The predicted octanol–water partition coefficient (Wildman–Crippen LogP) is 3.03. The Morgan fingerprint density at radius 1 is 1.28 bits per heavy atom. The Morgan fingerprint density at radius 3 is 2.78 bits per heavy atom. The Kier molecular flexibility index (Phi) is 4.05. The second-order valence-corrected chi connectivity index (χ2v) is 4.38. The van der Waals surface area contributed by atoms with E-state index >= 15 is 0 Å². The number of hydrogen-bond donors (Lipinski definition) is 1. The molecule has 1 heterocycles. The smallest absolute Gasteiger partial charge is 0.130 e. The summed E-state index contributed by atoms with van der Waals surface area (Å²) in [4.78, 5) is 4.08. The molecular formula is C15H17FN2. The second-order valence-electron chi connectivity index (χ2n) is 4.38. The van der Waals surface area contributed by atoms with Crippen LogP contribution in [0.25, 0.3) is 0 Å². The van der Waals surface area contributed by atoms with E-state index in [0.29, 0.717) is 11.1 Å². The van der Waals surface area contributed by atoms with Crippen molar-refractivity contribution in [2.45, 2.75) is 19.4 Å². The lowest BCUT2D eigenvalue weighted by atomic mass is 9.98. The van der Waals surface area contributed by atoms with Gasteiger partial charge in [0.1, 0.15) is 5.82 Å². The first-order valence-corrected chi connectivity index (χ1v) is 6.03. The number of halogens is 1. The summed E-state index contributed by atoms with van der Waals surface area (Å²) in [6.07, 6.45) is 4.29. The summed E-state index contributed by atoms with van der Waals surface area (Å²) in [6, 6.07) is 9.38. The lowest BCUT2D eigenvalue weighted by Crippen LogP contribution is -2.20. The van der Waals surface area contributed by atoms with E-state index in [1.54, 1.807) is 19.2 Å². The van der Waals surface area contributed by atoms with Crippen LogP contribution in [0.5, 0.6) is 0 Å². The molecule has 0 bridgehead atoms. The fourth-order valence-electron chi connectivity index (χ4n) is 2.06. The van der Waals surface area contributed by atoms with E-state index in [9.17, 15) is 4.39 Å². The van der Waals surface area contributed by atoms with Gasteiger partial charge >= 0.3 is 0 Å². The van der Waals surface area contributed by atoms with E-state index in [0.717, 1.165) is 12.0 Å². The molecule has 0 aliphatic rings. The van der Waals surface area contributed by atoms with Gasteiger partial charge in [-0.2, -0.15) is 0 Å². The fourth-order valence-corrected chi connectivity index (χ4v) is 2.06. The minimum atomic E-state index is -0.124. The Morgan fingerprint density at radius 2 is 2.11 bits per heavy atom. The molecule has 0 aliphatic carbocycles. The number of aryl methyl sites for hydroxylation is 1. The van der Waals surface area contributed by atoms with Gasteiger partial charge < -0.3 is 5.32 Å². The van der Waals surface area contributed by atoms with Gasteiger partial charge in [-0.3, -0.25) is 4.98 Å². The van der Waals surface area contributed by atoms with Crippen molar-refractivity contribution in [1.29, 1.82) is 0 Å². The number of aromatic nitrogens is 1. The standard InChI is InChI=1S/C15H17FN2/c1-11-5-3-7-13(15(11)16)14(17-2)9-12-6-4-8-18-10-12/h3-8,10,14,17H,9H2,1-2H3. The molecule has 1 aromatic heterocycles. The molecule has 0 fully saturated rings. The maximum Gasteiger partial charge on any atom is 0.130 e. The highest BCUT2D eigenvalue weighted by molar-refractivity contribution is 5.29. The van der Waals surface area contributed by atoms with Gasteiger partial charge in [0.2, 0.25) is 0 Å². The number of benzene rings is 1. The fraction of sp³-hybridized carbons (Fsp3) is 0.267. The summed E-state index contributed by atoms with van der Waals surface area (Å²) in [7, 11) is 1.85. The molecule has 1 aromatic carbocycles. The second kappa shape index (κ2) is 5.74. The Bertz CT molecular complexity index is 511. The molecule has 2 nitrogen and oxygen atoms in total. The predicted molar refractivity (Wildman–Crippen MR) is 70.9 cm³/mol. The van der Waals surface area contributed by atoms with E-state index in [1.807, 2.05) is 37.5 Å². The van der Waals surface area contributed by atoms with Gasteiger partial charge in [-0.25, -0.2) is 4.39 Å². The highest BCUT2D eigenvalue weighted by Crippen LogP contribution is 2.22. The molecule has 94 valence electrons. The number of likely N-dealkylation sites (N-methyl/N-ethyl adjacent to an activating group) is 1. The highest BCUT2D eigenvalue weighted by Gasteiger charge is 2.15. The van der Waals surface area contributed by atoms with Crippen molar-refractivity contribution in [3.05, 3.63) is 65.2 Å². The lowest BCUT2D eigenvalue weighted by Gasteiger charge is -2.18. The van der Waals surface area contributed by atoms with Crippen LogP contribution < -0.4 is 5.32 Å². The molecule has 2 aromatic rings. The van der Waals surface area contributed by atoms with Gasteiger partial charge in [0, 0.05) is 24.0 Å². The molecule has 1 unspecified atom stereocenters. The van der Waals surface area contributed by atoms with E-state index in [1.165, 1.54) is 0 Å². The molecule has 0 amide bonds. The van der Waals surface area contributed by atoms with Crippen molar-refractivity contribution in [2.75, 3.05) is 7.05 Å². The number of nitrogens with one attached hydrogen (secondary N) is 1. The number of hydrogen-bond acceptors (Lipinski definition) is 2. The monoisotopic (exact) mass is 244 g/mol. The Labute approximate surface area is 107 Å². The maximum atomic E-state index is 14.1. The Hall–Kier alpha value is -1.74. The molecule has 0 aliphatic heterocycles. The van der Waals surface area contributed by atoms with E-state index in [4.69, 9.17) is 0 Å². The first-order valence-electron chi connectivity index (χ1n) is 6.03. The summed E-state index contributed by atoms with van der Waals surface area (Å²) in [5.41, 5.74) is 2.48. The molecule has 1 N–H and O–H groups in total.